The number of nitriles is 1. The molecular formula is C24H29N3O4. The summed E-state index contributed by atoms with van der Waals surface area (Å²) in [4.78, 5) is 24.8. The van der Waals surface area contributed by atoms with Gasteiger partial charge in [-0.3, -0.25) is 4.79 Å². The Kier molecular flexibility index (Phi) is 8.44. The standard InChI is InChI=1S/C24H29N3O4/c1-6-11-27-16(2)12-20(17(27)3)13-21(14-25)24(29)31-18(4)23(28)26-15-19-7-9-22(30-5)10-8-19/h7-10,12-13,18H,6,11,15H2,1-5H3,(H,26,28)/b21-13+. The number of amides is 1. The predicted molar refractivity (Wildman–Crippen MR) is 118 cm³/mol. The van der Waals surface area contributed by atoms with Crippen LogP contribution in [0.25, 0.3) is 6.08 Å². The van der Waals surface area contributed by atoms with Crippen LogP contribution in [0.2, 0.25) is 0 Å². The normalized spacial score (nSPS) is 12.1. The molecule has 0 aliphatic heterocycles. The lowest BCUT2D eigenvalue weighted by atomic mass is 10.1. The van der Waals surface area contributed by atoms with E-state index < -0.39 is 18.0 Å². The molecule has 0 saturated heterocycles. The molecule has 1 aromatic carbocycles. The van der Waals surface area contributed by atoms with E-state index in [2.05, 4.69) is 16.8 Å². The van der Waals surface area contributed by atoms with Crippen LogP contribution < -0.4 is 10.1 Å². The summed E-state index contributed by atoms with van der Waals surface area (Å²) in [6.07, 6.45) is 1.46. The Morgan fingerprint density at radius 3 is 2.52 bits per heavy atom. The number of methoxy groups -OCH3 is 1. The number of benzene rings is 1. The molecule has 1 atom stereocenters. The van der Waals surface area contributed by atoms with Gasteiger partial charge in [0.25, 0.3) is 5.91 Å². The van der Waals surface area contributed by atoms with Crippen LogP contribution in [-0.4, -0.2) is 29.7 Å². The molecule has 164 valence electrons. The first-order valence-corrected chi connectivity index (χ1v) is 10.2. The highest BCUT2D eigenvalue weighted by Crippen LogP contribution is 2.19. The van der Waals surface area contributed by atoms with E-state index in [1.54, 1.807) is 19.2 Å². The molecule has 1 heterocycles. The van der Waals surface area contributed by atoms with Gasteiger partial charge in [0, 0.05) is 24.5 Å². The molecule has 7 heteroatoms. The monoisotopic (exact) mass is 423 g/mol. The number of aromatic nitrogens is 1. The third kappa shape index (κ3) is 6.22. The molecule has 0 aliphatic rings. The second kappa shape index (κ2) is 11.0. The quantitative estimate of drug-likeness (QED) is 0.377. The van der Waals surface area contributed by atoms with Gasteiger partial charge in [-0.05, 0) is 62.6 Å². The van der Waals surface area contributed by atoms with Gasteiger partial charge in [0.15, 0.2) is 6.10 Å². The lowest BCUT2D eigenvalue weighted by Gasteiger charge is -2.13. The van der Waals surface area contributed by atoms with Crippen molar-refractivity contribution in [2.75, 3.05) is 7.11 Å². The summed E-state index contributed by atoms with van der Waals surface area (Å²) in [5.41, 5.74) is 3.56. The Morgan fingerprint density at radius 2 is 1.94 bits per heavy atom. The zero-order chi connectivity index (χ0) is 23.0. The van der Waals surface area contributed by atoms with Crippen LogP contribution in [0.1, 0.15) is 42.8 Å². The Hall–Kier alpha value is -3.53. The fraction of sp³-hybridized carbons (Fsp3) is 0.375. The van der Waals surface area contributed by atoms with Crippen molar-refractivity contribution in [1.82, 2.24) is 9.88 Å². The summed E-state index contributed by atoms with van der Waals surface area (Å²) in [6.45, 7) is 8.65. The largest absolute Gasteiger partial charge is 0.497 e. The molecule has 2 aromatic rings. The molecule has 0 radical (unpaired) electrons. The van der Waals surface area contributed by atoms with Crippen molar-refractivity contribution in [2.24, 2.45) is 0 Å². The van der Waals surface area contributed by atoms with Gasteiger partial charge < -0.3 is 19.4 Å². The number of aryl methyl sites for hydroxylation is 1. The van der Waals surface area contributed by atoms with Gasteiger partial charge in [-0.2, -0.15) is 5.26 Å². The minimum absolute atomic E-state index is 0.147. The van der Waals surface area contributed by atoms with E-state index in [1.807, 2.05) is 38.1 Å². The smallest absolute Gasteiger partial charge is 0.349 e. The number of hydrogen-bond acceptors (Lipinski definition) is 5. The minimum Gasteiger partial charge on any atom is -0.497 e. The van der Waals surface area contributed by atoms with E-state index in [1.165, 1.54) is 13.0 Å². The van der Waals surface area contributed by atoms with E-state index in [4.69, 9.17) is 9.47 Å². The van der Waals surface area contributed by atoms with E-state index in [-0.39, 0.29) is 12.1 Å². The first kappa shape index (κ1) is 23.7. The van der Waals surface area contributed by atoms with Crippen molar-refractivity contribution in [3.05, 3.63) is 58.4 Å². The summed E-state index contributed by atoms with van der Waals surface area (Å²) < 4.78 is 12.5. The fourth-order valence-corrected chi connectivity index (χ4v) is 3.19. The number of carbonyl (C=O) groups excluding carboxylic acids is 2. The Labute approximate surface area is 183 Å². The molecule has 1 N–H and O–H groups in total. The van der Waals surface area contributed by atoms with Gasteiger partial charge in [0.05, 0.1) is 7.11 Å². The van der Waals surface area contributed by atoms with Gasteiger partial charge in [-0.25, -0.2) is 4.79 Å². The van der Waals surface area contributed by atoms with Gasteiger partial charge in [-0.1, -0.05) is 19.1 Å². The third-order valence-electron chi connectivity index (χ3n) is 4.98. The Balaban J connectivity index is 2.01. The lowest BCUT2D eigenvalue weighted by molar-refractivity contribution is -0.150. The molecule has 1 aromatic heterocycles. The summed E-state index contributed by atoms with van der Waals surface area (Å²) in [6, 6.07) is 11.1. The first-order valence-electron chi connectivity index (χ1n) is 10.2. The van der Waals surface area contributed by atoms with Crippen molar-refractivity contribution in [2.45, 2.75) is 53.3 Å². The van der Waals surface area contributed by atoms with Crippen molar-refractivity contribution in [3.8, 4) is 11.8 Å². The first-order chi connectivity index (χ1) is 14.8. The van der Waals surface area contributed by atoms with E-state index >= 15 is 0 Å². The highest BCUT2D eigenvalue weighted by Gasteiger charge is 2.21. The SMILES string of the molecule is CCCn1c(C)cc(/C=C(\C#N)C(=O)OC(C)C(=O)NCc2ccc(OC)cc2)c1C. The molecule has 31 heavy (non-hydrogen) atoms. The van der Waals surface area contributed by atoms with E-state index in [0.29, 0.717) is 0 Å². The van der Waals surface area contributed by atoms with Crippen molar-refractivity contribution < 1.29 is 19.1 Å². The molecule has 0 saturated carbocycles. The summed E-state index contributed by atoms with van der Waals surface area (Å²) in [7, 11) is 1.58. The second-order valence-corrected chi connectivity index (χ2v) is 7.26. The Bertz CT molecular complexity index is 997. The number of ether oxygens (including phenoxy) is 2. The van der Waals surface area contributed by atoms with Crippen LogP contribution in [0.5, 0.6) is 5.75 Å². The van der Waals surface area contributed by atoms with Crippen molar-refractivity contribution in [1.29, 1.82) is 5.26 Å². The number of nitrogens with zero attached hydrogens (tertiary/aromatic N) is 2. The molecule has 0 fully saturated rings. The molecule has 2 rings (SSSR count). The molecule has 0 spiro atoms. The fourth-order valence-electron chi connectivity index (χ4n) is 3.19. The number of rotatable bonds is 9. The second-order valence-electron chi connectivity index (χ2n) is 7.26. The molecular weight excluding hydrogens is 394 g/mol. The number of carbonyl (C=O) groups is 2. The topological polar surface area (TPSA) is 93.4 Å². The van der Waals surface area contributed by atoms with Gasteiger partial charge >= 0.3 is 5.97 Å². The number of nitrogens with one attached hydrogen (secondary N) is 1. The van der Waals surface area contributed by atoms with Crippen molar-refractivity contribution in [3.63, 3.8) is 0 Å². The highest BCUT2D eigenvalue weighted by atomic mass is 16.5. The van der Waals surface area contributed by atoms with E-state index in [9.17, 15) is 14.9 Å². The average molecular weight is 424 g/mol. The van der Waals surface area contributed by atoms with Gasteiger partial charge in [-0.15, -0.1) is 0 Å². The maximum atomic E-state index is 12.5. The molecule has 1 unspecified atom stereocenters. The van der Waals surface area contributed by atoms with Crippen LogP contribution in [0.4, 0.5) is 0 Å². The minimum atomic E-state index is -1.03. The maximum absolute atomic E-state index is 12.5. The summed E-state index contributed by atoms with van der Waals surface area (Å²) >= 11 is 0. The van der Waals surface area contributed by atoms with Gasteiger partial charge in [0.2, 0.25) is 0 Å². The summed E-state index contributed by atoms with van der Waals surface area (Å²) in [5.74, 6) is -0.541. The summed E-state index contributed by atoms with van der Waals surface area (Å²) in [5, 5.41) is 12.2. The van der Waals surface area contributed by atoms with Gasteiger partial charge in [0.1, 0.15) is 17.4 Å². The molecule has 1 amide bonds. The maximum Gasteiger partial charge on any atom is 0.349 e. The van der Waals surface area contributed by atoms with Crippen LogP contribution in [0.15, 0.2) is 35.9 Å². The number of hydrogen-bond donors (Lipinski definition) is 1. The third-order valence-corrected chi connectivity index (χ3v) is 4.98. The van der Waals surface area contributed by atoms with Crippen molar-refractivity contribution >= 4 is 18.0 Å². The Morgan fingerprint density at radius 1 is 1.26 bits per heavy atom. The number of esters is 1. The zero-order valence-electron chi connectivity index (χ0n) is 18.7. The van der Waals surface area contributed by atoms with E-state index in [0.717, 1.165) is 41.2 Å². The lowest BCUT2D eigenvalue weighted by Crippen LogP contribution is -2.35. The highest BCUT2D eigenvalue weighted by molar-refractivity contribution is 5.99. The average Bonchev–Trinajstić information content (AvgIpc) is 3.03. The van der Waals surface area contributed by atoms with Crippen LogP contribution in [0.3, 0.4) is 0 Å². The predicted octanol–water partition coefficient (Wildman–Crippen LogP) is 3.68. The zero-order valence-corrected chi connectivity index (χ0v) is 18.7. The molecule has 7 nitrogen and oxygen atoms in total. The molecule has 0 bridgehead atoms. The van der Waals surface area contributed by atoms with Crippen LogP contribution in [-0.2, 0) is 27.4 Å². The van der Waals surface area contributed by atoms with Crippen LogP contribution >= 0.6 is 0 Å². The van der Waals surface area contributed by atoms with Crippen LogP contribution in [0, 0.1) is 25.2 Å². The molecule has 0 aliphatic carbocycles.